The largest absolute Gasteiger partial charge is 0.393 e. The molecule has 14 heavy (non-hydrogen) atoms. The molecule has 3 N–H and O–H groups in total. The highest BCUT2D eigenvalue weighted by Gasteiger charge is 2.18. The van der Waals surface area contributed by atoms with E-state index in [-0.39, 0.29) is 13.2 Å². The predicted molar refractivity (Wildman–Crippen MR) is 58.1 cm³/mol. The Kier molecular flexibility index (Phi) is 3.86. The van der Waals surface area contributed by atoms with Crippen LogP contribution in [0.25, 0.3) is 0 Å². The molecule has 1 heterocycles. The molecule has 1 aromatic rings. The van der Waals surface area contributed by atoms with Crippen molar-refractivity contribution in [3.8, 4) is 0 Å². The van der Waals surface area contributed by atoms with Gasteiger partial charge in [-0.05, 0) is 35.0 Å². The molecule has 1 atom stereocenters. The van der Waals surface area contributed by atoms with Gasteiger partial charge in [0.05, 0.1) is 6.61 Å². The van der Waals surface area contributed by atoms with E-state index in [0.29, 0.717) is 5.82 Å². The number of aliphatic hydroxyl groups is 2. The Morgan fingerprint density at radius 1 is 1.57 bits per heavy atom. The highest BCUT2D eigenvalue weighted by molar-refractivity contribution is 9.10. The summed E-state index contributed by atoms with van der Waals surface area (Å²) in [7, 11) is 0. The zero-order valence-corrected chi connectivity index (χ0v) is 9.45. The van der Waals surface area contributed by atoms with E-state index in [1.54, 1.807) is 13.0 Å². The third-order valence-electron chi connectivity index (χ3n) is 1.71. The van der Waals surface area contributed by atoms with E-state index in [1.165, 1.54) is 0 Å². The molecule has 1 unspecified atom stereocenters. The first-order chi connectivity index (χ1) is 6.53. The second kappa shape index (κ2) is 4.72. The second-order valence-corrected chi connectivity index (χ2v) is 4.17. The molecular formula is C9H13BrN2O2. The van der Waals surface area contributed by atoms with E-state index in [0.717, 1.165) is 4.60 Å². The number of halogens is 1. The van der Waals surface area contributed by atoms with Gasteiger partial charge in [-0.3, -0.25) is 0 Å². The van der Waals surface area contributed by atoms with Gasteiger partial charge in [-0.1, -0.05) is 6.07 Å². The number of aliphatic hydroxyl groups excluding tert-OH is 1. The maximum atomic E-state index is 9.50. The van der Waals surface area contributed by atoms with Crippen molar-refractivity contribution in [2.45, 2.75) is 12.5 Å². The minimum absolute atomic E-state index is 0.257. The molecule has 0 amide bonds. The number of nitrogens with one attached hydrogen (secondary N) is 1. The van der Waals surface area contributed by atoms with Gasteiger partial charge < -0.3 is 15.5 Å². The Hall–Kier alpha value is -0.650. The lowest BCUT2D eigenvalue weighted by Crippen LogP contribution is -2.37. The molecule has 0 spiro atoms. The molecule has 0 aromatic carbocycles. The van der Waals surface area contributed by atoms with Gasteiger partial charge in [0.15, 0.2) is 0 Å². The fourth-order valence-electron chi connectivity index (χ4n) is 0.844. The first-order valence-electron chi connectivity index (χ1n) is 4.23. The Labute approximate surface area is 91.1 Å². The Balaban J connectivity index is 2.54. The summed E-state index contributed by atoms with van der Waals surface area (Å²) in [6.45, 7) is 1.53. The van der Waals surface area contributed by atoms with Crippen molar-refractivity contribution in [3.63, 3.8) is 0 Å². The van der Waals surface area contributed by atoms with Gasteiger partial charge in [-0.2, -0.15) is 0 Å². The molecule has 0 bridgehead atoms. The van der Waals surface area contributed by atoms with Crippen molar-refractivity contribution in [1.82, 2.24) is 4.98 Å². The number of pyridine rings is 1. The van der Waals surface area contributed by atoms with Crippen LogP contribution < -0.4 is 5.32 Å². The summed E-state index contributed by atoms with van der Waals surface area (Å²) in [5.41, 5.74) is -1.12. The number of nitrogens with zero attached hydrogens (tertiary/aromatic N) is 1. The first-order valence-corrected chi connectivity index (χ1v) is 5.02. The summed E-state index contributed by atoms with van der Waals surface area (Å²) < 4.78 is 0.728. The van der Waals surface area contributed by atoms with Gasteiger partial charge in [0.25, 0.3) is 0 Å². The Morgan fingerprint density at radius 2 is 2.29 bits per heavy atom. The summed E-state index contributed by atoms with van der Waals surface area (Å²) in [6.07, 6.45) is 0. The minimum atomic E-state index is -1.12. The standard InChI is InChI=1S/C9H13BrN2O2/c1-9(14,6-13)5-11-8-4-2-3-7(10)12-8/h2-4,13-14H,5-6H2,1H3,(H,11,12). The molecule has 0 aliphatic rings. The minimum Gasteiger partial charge on any atom is -0.393 e. The molecule has 0 fully saturated rings. The number of hydrogen-bond acceptors (Lipinski definition) is 4. The number of anilines is 1. The zero-order chi connectivity index (χ0) is 10.6. The fraction of sp³-hybridized carbons (Fsp3) is 0.444. The summed E-state index contributed by atoms with van der Waals surface area (Å²) in [5, 5.41) is 21.2. The zero-order valence-electron chi connectivity index (χ0n) is 7.87. The van der Waals surface area contributed by atoms with E-state index < -0.39 is 5.60 Å². The summed E-state index contributed by atoms with van der Waals surface area (Å²) in [6, 6.07) is 5.45. The third kappa shape index (κ3) is 3.61. The average molecular weight is 261 g/mol. The monoisotopic (exact) mass is 260 g/mol. The lowest BCUT2D eigenvalue weighted by Gasteiger charge is -2.20. The van der Waals surface area contributed by atoms with Crippen LogP contribution in [0.15, 0.2) is 22.8 Å². The summed E-state index contributed by atoms with van der Waals surface area (Å²) >= 11 is 3.24. The SMILES string of the molecule is CC(O)(CO)CNc1cccc(Br)n1. The van der Waals surface area contributed by atoms with E-state index in [2.05, 4.69) is 26.2 Å². The lowest BCUT2D eigenvalue weighted by atomic mass is 10.1. The molecule has 0 saturated heterocycles. The van der Waals surface area contributed by atoms with Gasteiger partial charge in [0, 0.05) is 6.54 Å². The van der Waals surface area contributed by atoms with Crippen molar-refractivity contribution >= 4 is 21.7 Å². The van der Waals surface area contributed by atoms with Gasteiger partial charge in [0.2, 0.25) is 0 Å². The van der Waals surface area contributed by atoms with E-state index >= 15 is 0 Å². The van der Waals surface area contributed by atoms with Crippen LogP contribution in [-0.2, 0) is 0 Å². The molecule has 1 aromatic heterocycles. The first kappa shape index (κ1) is 11.4. The summed E-state index contributed by atoms with van der Waals surface area (Å²) in [5.74, 6) is 0.660. The molecule has 0 radical (unpaired) electrons. The maximum absolute atomic E-state index is 9.50. The maximum Gasteiger partial charge on any atom is 0.127 e. The molecule has 0 saturated carbocycles. The van der Waals surface area contributed by atoms with Crippen molar-refractivity contribution < 1.29 is 10.2 Å². The average Bonchev–Trinajstić information content (AvgIpc) is 2.15. The summed E-state index contributed by atoms with van der Waals surface area (Å²) in [4.78, 5) is 4.12. The molecule has 0 aliphatic heterocycles. The van der Waals surface area contributed by atoms with Crippen molar-refractivity contribution in [1.29, 1.82) is 0 Å². The van der Waals surface area contributed by atoms with Gasteiger partial charge >= 0.3 is 0 Å². The van der Waals surface area contributed by atoms with E-state index in [4.69, 9.17) is 5.11 Å². The second-order valence-electron chi connectivity index (χ2n) is 3.35. The van der Waals surface area contributed by atoms with Crippen LogP contribution in [0.4, 0.5) is 5.82 Å². The van der Waals surface area contributed by atoms with Crippen molar-refractivity contribution in [3.05, 3.63) is 22.8 Å². The highest BCUT2D eigenvalue weighted by atomic mass is 79.9. The van der Waals surface area contributed by atoms with Crippen molar-refractivity contribution in [2.24, 2.45) is 0 Å². The lowest BCUT2D eigenvalue weighted by molar-refractivity contribution is 0.0131. The van der Waals surface area contributed by atoms with Crippen LogP contribution in [0.2, 0.25) is 0 Å². The van der Waals surface area contributed by atoms with Crippen LogP contribution in [0, 0.1) is 0 Å². The van der Waals surface area contributed by atoms with E-state index in [9.17, 15) is 5.11 Å². The normalized spacial score (nSPS) is 14.9. The molecule has 0 aliphatic carbocycles. The highest BCUT2D eigenvalue weighted by Crippen LogP contribution is 2.11. The van der Waals surface area contributed by atoms with Crippen molar-refractivity contribution in [2.75, 3.05) is 18.5 Å². The van der Waals surface area contributed by atoms with Gasteiger partial charge in [-0.25, -0.2) is 4.98 Å². The predicted octanol–water partition coefficient (Wildman–Crippen LogP) is 0.999. The Morgan fingerprint density at radius 3 is 2.86 bits per heavy atom. The molecule has 5 heteroatoms. The van der Waals surface area contributed by atoms with E-state index in [1.807, 2.05) is 12.1 Å². The number of rotatable bonds is 4. The third-order valence-corrected chi connectivity index (χ3v) is 2.15. The van der Waals surface area contributed by atoms with Gasteiger partial charge in [-0.15, -0.1) is 0 Å². The molecule has 78 valence electrons. The quantitative estimate of drug-likeness (QED) is 0.707. The Bertz CT molecular complexity index is 305. The molecular weight excluding hydrogens is 248 g/mol. The van der Waals surface area contributed by atoms with Crippen LogP contribution in [0.5, 0.6) is 0 Å². The fourth-order valence-corrected chi connectivity index (χ4v) is 1.19. The van der Waals surface area contributed by atoms with Crippen LogP contribution >= 0.6 is 15.9 Å². The van der Waals surface area contributed by atoms with Crippen LogP contribution in [-0.4, -0.2) is 33.9 Å². The topological polar surface area (TPSA) is 65.4 Å². The smallest absolute Gasteiger partial charge is 0.127 e. The van der Waals surface area contributed by atoms with Crippen LogP contribution in [0.1, 0.15) is 6.92 Å². The number of aromatic nitrogens is 1. The number of hydrogen-bond donors (Lipinski definition) is 3. The molecule has 1 rings (SSSR count). The van der Waals surface area contributed by atoms with Gasteiger partial charge in [0.1, 0.15) is 16.0 Å². The molecule has 4 nitrogen and oxygen atoms in total. The van der Waals surface area contributed by atoms with Crippen LogP contribution in [0.3, 0.4) is 0 Å².